The van der Waals surface area contributed by atoms with E-state index in [1.165, 1.54) is 0 Å². The predicted octanol–water partition coefficient (Wildman–Crippen LogP) is 4.37. The quantitative estimate of drug-likeness (QED) is 0.730. The molecule has 1 aliphatic heterocycles. The summed E-state index contributed by atoms with van der Waals surface area (Å²) in [5.41, 5.74) is 2.60. The minimum atomic E-state index is -0.0664. The van der Waals surface area contributed by atoms with E-state index in [0.29, 0.717) is 17.1 Å². The summed E-state index contributed by atoms with van der Waals surface area (Å²) < 4.78 is 6.49. The standard InChI is InChI=1S/C16H11BrO2/c1-10-7-12-15(18)14(19-16(12)13(17)8-10)9-11-5-3-2-4-6-11/h2-9H,1H3/b14-9-. The van der Waals surface area contributed by atoms with Crippen molar-refractivity contribution >= 4 is 27.8 Å². The van der Waals surface area contributed by atoms with Crippen LogP contribution in [0.4, 0.5) is 0 Å². The number of carbonyl (C=O) groups is 1. The van der Waals surface area contributed by atoms with Gasteiger partial charge in [0.15, 0.2) is 11.5 Å². The minimum absolute atomic E-state index is 0.0664. The van der Waals surface area contributed by atoms with Gasteiger partial charge in [0.1, 0.15) is 0 Å². The highest BCUT2D eigenvalue weighted by Gasteiger charge is 2.29. The molecule has 0 radical (unpaired) electrons. The van der Waals surface area contributed by atoms with Crippen LogP contribution in [0.25, 0.3) is 6.08 Å². The van der Waals surface area contributed by atoms with Crippen molar-refractivity contribution in [1.29, 1.82) is 0 Å². The lowest BCUT2D eigenvalue weighted by atomic mass is 10.1. The Bertz CT molecular complexity index is 687. The van der Waals surface area contributed by atoms with E-state index in [2.05, 4.69) is 15.9 Å². The van der Waals surface area contributed by atoms with Crippen LogP contribution >= 0.6 is 15.9 Å². The van der Waals surface area contributed by atoms with E-state index in [-0.39, 0.29) is 5.78 Å². The molecule has 0 unspecified atom stereocenters. The molecule has 0 saturated carbocycles. The zero-order chi connectivity index (χ0) is 13.4. The van der Waals surface area contributed by atoms with Crippen LogP contribution in [0.15, 0.2) is 52.7 Å². The Balaban J connectivity index is 2.05. The molecular weight excluding hydrogens is 304 g/mol. The van der Waals surface area contributed by atoms with Crippen molar-refractivity contribution in [3.63, 3.8) is 0 Å². The molecule has 0 atom stereocenters. The summed E-state index contributed by atoms with van der Waals surface area (Å²) in [6.45, 7) is 1.96. The van der Waals surface area contributed by atoms with Gasteiger partial charge in [0.05, 0.1) is 10.0 Å². The second-order valence-electron chi connectivity index (χ2n) is 4.47. The maximum absolute atomic E-state index is 12.3. The third kappa shape index (κ3) is 2.22. The van der Waals surface area contributed by atoms with E-state index in [1.54, 1.807) is 6.08 Å². The Hall–Kier alpha value is -1.87. The van der Waals surface area contributed by atoms with Crippen molar-refractivity contribution in [3.8, 4) is 5.75 Å². The number of hydrogen-bond donors (Lipinski definition) is 0. The van der Waals surface area contributed by atoms with Gasteiger partial charge in [0.25, 0.3) is 0 Å². The molecule has 2 nitrogen and oxygen atoms in total. The fourth-order valence-electron chi connectivity index (χ4n) is 2.09. The second-order valence-corrected chi connectivity index (χ2v) is 5.33. The monoisotopic (exact) mass is 314 g/mol. The summed E-state index contributed by atoms with van der Waals surface area (Å²) in [4.78, 5) is 12.3. The molecule has 2 aromatic carbocycles. The molecule has 1 heterocycles. The fraction of sp³-hybridized carbons (Fsp3) is 0.0625. The normalized spacial score (nSPS) is 15.5. The molecule has 94 valence electrons. The number of benzene rings is 2. The fourth-order valence-corrected chi connectivity index (χ4v) is 2.74. The van der Waals surface area contributed by atoms with Gasteiger partial charge in [0, 0.05) is 0 Å². The van der Waals surface area contributed by atoms with E-state index in [1.807, 2.05) is 49.4 Å². The van der Waals surface area contributed by atoms with Crippen LogP contribution in [-0.4, -0.2) is 5.78 Å². The maximum Gasteiger partial charge on any atom is 0.232 e. The van der Waals surface area contributed by atoms with E-state index < -0.39 is 0 Å². The van der Waals surface area contributed by atoms with Crippen LogP contribution in [0.1, 0.15) is 21.5 Å². The molecule has 0 saturated heterocycles. The molecule has 0 aromatic heterocycles. The third-order valence-corrected chi connectivity index (χ3v) is 3.55. The van der Waals surface area contributed by atoms with Crippen molar-refractivity contribution < 1.29 is 9.53 Å². The van der Waals surface area contributed by atoms with Crippen LogP contribution in [0.5, 0.6) is 5.75 Å². The highest BCUT2D eigenvalue weighted by molar-refractivity contribution is 9.10. The topological polar surface area (TPSA) is 26.3 Å². The number of ether oxygens (including phenoxy) is 1. The number of rotatable bonds is 1. The zero-order valence-corrected chi connectivity index (χ0v) is 11.9. The van der Waals surface area contributed by atoms with Crippen molar-refractivity contribution in [2.24, 2.45) is 0 Å². The largest absolute Gasteiger partial charge is 0.451 e. The molecule has 0 bridgehead atoms. The summed E-state index contributed by atoms with van der Waals surface area (Å²) in [5, 5.41) is 0. The molecule has 2 aromatic rings. The number of Topliss-reactive ketones (excluding diaryl/α,β-unsaturated/α-hetero) is 1. The third-order valence-electron chi connectivity index (χ3n) is 2.97. The molecule has 19 heavy (non-hydrogen) atoms. The summed E-state index contributed by atoms with van der Waals surface area (Å²) in [6.07, 6.45) is 1.77. The number of aryl methyl sites for hydroxylation is 1. The van der Waals surface area contributed by atoms with Crippen LogP contribution < -0.4 is 4.74 Å². The number of carbonyl (C=O) groups excluding carboxylic acids is 1. The van der Waals surface area contributed by atoms with E-state index >= 15 is 0 Å². The van der Waals surface area contributed by atoms with Gasteiger partial charge in [-0.25, -0.2) is 0 Å². The van der Waals surface area contributed by atoms with Crippen LogP contribution in [0, 0.1) is 6.92 Å². The minimum Gasteiger partial charge on any atom is -0.451 e. The maximum atomic E-state index is 12.3. The summed E-state index contributed by atoms with van der Waals surface area (Å²) in [5.74, 6) is 0.911. The lowest BCUT2D eigenvalue weighted by Gasteiger charge is -2.02. The van der Waals surface area contributed by atoms with Crippen molar-refractivity contribution in [1.82, 2.24) is 0 Å². The Morgan fingerprint density at radius 3 is 2.63 bits per heavy atom. The number of fused-ring (bicyclic) bond motifs is 1. The molecule has 0 spiro atoms. The highest BCUT2D eigenvalue weighted by Crippen LogP contribution is 2.38. The number of ketones is 1. The molecule has 3 rings (SSSR count). The van der Waals surface area contributed by atoms with Crippen LogP contribution in [0.2, 0.25) is 0 Å². The number of halogens is 1. The molecule has 3 heteroatoms. The second kappa shape index (κ2) is 4.67. The first-order valence-corrected chi connectivity index (χ1v) is 6.74. The average molecular weight is 315 g/mol. The lowest BCUT2D eigenvalue weighted by molar-refractivity contribution is 0.101. The molecule has 0 amide bonds. The van der Waals surface area contributed by atoms with Gasteiger partial charge in [-0.05, 0) is 52.2 Å². The van der Waals surface area contributed by atoms with Crippen molar-refractivity contribution in [3.05, 3.63) is 69.4 Å². The van der Waals surface area contributed by atoms with Crippen LogP contribution in [-0.2, 0) is 0 Å². The lowest BCUT2D eigenvalue weighted by Crippen LogP contribution is -1.98. The first-order chi connectivity index (χ1) is 9.15. The zero-order valence-electron chi connectivity index (χ0n) is 10.3. The average Bonchev–Trinajstić information content (AvgIpc) is 2.69. The number of allylic oxidation sites excluding steroid dienone is 1. The van der Waals surface area contributed by atoms with Crippen molar-refractivity contribution in [2.45, 2.75) is 6.92 Å². The van der Waals surface area contributed by atoms with E-state index in [9.17, 15) is 4.79 Å². The van der Waals surface area contributed by atoms with Crippen molar-refractivity contribution in [2.75, 3.05) is 0 Å². The Kier molecular flexibility index (Phi) is 2.99. The summed E-state index contributed by atoms with van der Waals surface area (Å²) in [7, 11) is 0. The number of hydrogen-bond acceptors (Lipinski definition) is 2. The van der Waals surface area contributed by atoms with Gasteiger partial charge in [-0.2, -0.15) is 0 Å². The molecule has 0 aliphatic carbocycles. The SMILES string of the molecule is Cc1cc(Br)c2c(c1)C(=O)/C(=C/c1ccccc1)O2. The Morgan fingerprint density at radius 2 is 1.89 bits per heavy atom. The summed E-state index contributed by atoms with van der Waals surface area (Å²) >= 11 is 3.43. The highest BCUT2D eigenvalue weighted by atomic mass is 79.9. The summed E-state index contributed by atoms with van der Waals surface area (Å²) in [6, 6.07) is 13.5. The van der Waals surface area contributed by atoms with Gasteiger partial charge in [-0.1, -0.05) is 30.3 Å². The predicted molar refractivity (Wildman–Crippen MR) is 78.3 cm³/mol. The molecule has 0 N–H and O–H groups in total. The molecular formula is C16H11BrO2. The van der Waals surface area contributed by atoms with Gasteiger partial charge < -0.3 is 4.74 Å². The van der Waals surface area contributed by atoms with Gasteiger partial charge in [-0.3, -0.25) is 4.79 Å². The van der Waals surface area contributed by atoms with Crippen LogP contribution in [0.3, 0.4) is 0 Å². The van der Waals surface area contributed by atoms with E-state index in [4.69, 9.17) is 4.74 Å². The van der Waals surface area contributed by atoms with E-state index in [0.717, 1.165) is 15.6 Å². The van der Waals surface area contributed by atoms with Gasteiger partial charge in [-0.15, -0.1) is 0 Å². The smallest absolute Gasteiger partial charge is 0.232 e. The molecule has 1 aliphatic rings. The Morgan fingerprint density at radius 1 is 1.16 bits per heavy atom. The first-order valence-electron chi connectivity index (χ1n) is 5.94. The van der Waals surface area contributed by atoms with Gasteiger partial charge >= 0.3 is 0 Å². The Labute approximate surface area is 119 Å². The van der Waals surface area contributed by atoms with Gasteiger partial charge in [0.2, 0.25) is 5.78 Å². The molecule has 0 fully saturated rings. The first kappa shape index (κ1) is 12.2.